The van der Waals surface area contributed by atoms with Crippen LogP contribution < -0.4 is 0 Å². The molecule has 0 bridgehead atoms. The number of nitrogens with zero attached hydrogens (tertiary/aromatic N) is 1. The second-order valence-electron chi connectivity index (χ2n) is 6.89. The van der Waals surface area contributed by atoms with Gasteiger partial charge in [0.15, 0.2) is 6.10 Å². The van der Waals surface area contributed by atoms with E-state index in [4.69, 9.17) is 15.1 Å². The molecule has 0 aliphatic rings. The number of esters is 1. The lowest BCUT2D eigenvalue weighted by atomic mass is 10.0. The van der Waals surface area contributed by atoms with Crippen molar-refractivity contribution in [2.45, 2.75) is 103 Å². The van der Waals surface area contributed by atoms with Gasteiger partial charge in [-0.15, -0.1) is 0 Å². The van der Waals surface area contributed by atoms with Crippen molar-refractivity contribution in [2.75, 3.05) is 0 Å². The fourth-order valence-corrected chi connectivity index (χ4v) is 2.96. The van der Waals surface area contributed by atoms with Crippen LogP contribution in [0.4, 0.5) is 0 Å². The second-order valence-corrected chi connectivity index (χ2v) is 6.89. The third-order valence-corrected chi connectivity index (χ3v) is 4.46. The Balaban J connectivity index is 3.97. The number of carbonyl (C=O) groups excluding carboxylic acids is 2. The molecule has 7 nitrogen and oxygen atoms in total. The van der Waals surface area contributed by atoms with Gasteiger partial charge in [0.05, 0.1) is 0 Å². The number of carbonyl (C=O) groups is 3. The molecule has 0 rings (SSSR count). The number of rotatable bonds is 17. The Hall–Kier alpha value is -1.92. The number of ketones is 1. The van der Waals surface area contributed by atoms with Gasteiger partial charge < -0.3 is 15.1 Å². The molecule has 0 spiro atoms. The molecule has 0 aliphatic heterocycles. The summed E-state index contributed by atoms with van der Waals surface area (Å²) in [5, 5.41) is 20.0. The summed E-state index contributed by atoms with van der Waals surface area (Å²) in [7, 11) is 0. The van der Waals surface area contributed by atoms with Crippen molar-refractivity contribution in [2.24, 2.45) is 5.16 Å². The number of hydrogen-bond acceptors (Lipinski definition) is 6. The maximum atomic E-state index is 12.0. The second kappa shape index (κ2) is 16.3. The van der Waals surface area contributed by atoms with Crippen LogP contribution in [-0.4, -0.2) is 39.9 Å². The van der Waals surface area contributed by atoms with Gasteiger partial charge in [-0.3, -0.25) is 9.59 Å². The highest BCUT2D eigenvalue weighted by molar-refractivity contribution is 6.64. The van der Waals surface area contributed by atoms with E-state index in [0.717, 1.165) is 26.2 Å². The first-order valence-electron chi connectivity index (χ1n) is 10.1. The van der Waals surface area contributed by atoms with Crippen LogP contribution in [0.5, 0.6) is 0 Å². The van der Waals surface area contributed by atoms with Gasteiger partial charge in [-0.1, -0.05) is 82.7 Å². The maximum absolute atomic E-state index is 12.0. The average Bonchev–Trinajstić information content (AvgIpc) is 2.61. The van der Waals surface area contributed by atoms with E-state index in [2.05, 4.69) is 12.1 Å². The number of hydrogen-bond donors (Lipinski definition) is 2. The van der Waals surface area contributed by atoms with E-state index in [-0.39, 0.29) is 6.42 Å². The lowest BCUT2D eigenvalue weighted by molar-refractivity contribution is -0.151. The smallest absolute Gasteiger partial charge is 0.361 e. The SMILES string of the molecule is CCCCCCCCCCCCCCC(OC(C)=O)C(=O)C(=NO)C(=O)O. The number of Topliss-reactive ketones (excluding diaryl/α,β-unsaturated/α-hetero) is 1. The van der Waals surface area contributed by atoms with Gasteiger partial charge in [0, 0.05) is 6.92 Å². The van der Waals surface area contributed by atoms with Crippen LogP contribution in [0.1, 0.15) is 97.3 Å². The van der Waals surface area contributed by atoms with Crippen molar-refractivity contribution < 1.29 is 29.4 Å². The standard InChI is InChI=1S/C20H35NO6/c1-3-4-5-6-7-8-9-10-11-12-13-14-15-17(27-16(2)22)19(23)18(21-26)20(24)25/h17,26H,3-15H2,1-2H3,(H,24,25). The number of ether oxygens (including phenoxy) is 1. The minimum atomic E-state index is -1.64. The fourth-order valence-electron chi connectivity index (χ4n) is 2.96. The molecule has 2 N–H and O–H groups in total. The molecule has 0 aromatic carbocycles. The van der Waals surface area contributed by atoms with Crippen LogP contribution in [0.2, 0.25) is 0 Å². The predicted molar refractivity (Wildman–Crippen MR) is 103 cm³/mol. The largest absolute Gasteiger partial charge is 0.476 e. The minimum Gasteiger partial charge on any atom is -0.476 e. The summed E-state index contributed by atoms with van der Waals surface area (Å²) in [4.78, 5) is 34.1. The van der Waals surface area contributed by atoms with Gasteiger partial charge in [-0.25, -0.2) is 4.79 Å². The van der Waals surface area contributed by atoms with Crippen LogP contribution >= 0.6 is 0 Å². The monoisotopic (exact) mass is 385 g/mol. The van der Waals surface area contributed by atoms with Crippen molar-refractivity contribution in [1.82, 2.24) is 0 Å². The molecule has 0 aliphatic carbocycles. The fraction of sp³-hybridized carbons (Fsp3) is 0.800. The number of aliphatic carboxylic acids is 1. The van der Waals surface area contributed by atoms with Gasteiger partial charge in [0.1, 0.15) is 0 Å². The molecule has 0 aromatic rings. The van der Waals surface area contributed by atoms with E-state index >= 15 is 0 Å². The Morgan fingerprint density at radius 1 is 0.852 bits per heavy atom. The Bertz CT molecular complexity index is 475. The Labute approximate surface area is 162 Å². The summed E-state index contributed by atoms with van der Waals surface area (Å²) < 4.78 is 4.90. The molecular formula is C20H35NO6. The molecule has 7 heteroatoms. The van der Waals surface area contributed by atoms with E-state index < -0.39 is 29.5 Å². The summed E-state index contributed by atoms with van der Waals surface area (Å²) in [5.74, 6) is -3.30. The summed E-state index contributed by atoms with van der Waals surface area (Å²) in [6, 6.07) is 0. The summed E-state index contributed by atoms with van der Waals surface area (Å²) in [5.41, 5.74) is -1.01. The zero-order valence-electron chi connectivity index (χ0n) is 16.7. The first kappa shape index (κ1) is 25.1. The zero-order valence-corrected chi connectivity index (χ0v) is 16.7. The highest BCUT2D eigenvalue weighted by Crippen LogP contribution is 2.14. The minimum absolute atomic E-state index is 0.224. The highest BCUT2D eigenvalue weighted by atomic mass is 16.5. The predicted octanol–water partition coefficient (Wildman–Crippen LogP) is 4.49. The van der Waals surface area contributed by atoms with E-state index in [1.807, 2.05) is 0 Å². The molecule has 0 aromatic heterocycles. The average molecular weight is 386 g/mol. The number of oxime groups is 1. The maximum Gasteiger partial charge on any atom is 0.361 e. The van der Waals surface area contributed by atoms with Gasteiger partial charge >= 0.3 is 11.9 Å². The Kier molecular flexibility index (Phi) is 15.1. The summed E-state index contributed by atoms with van der Waals surface area (Å²) in [6.07, 6.45) is 13.0. The van der Waals surface area contributed by atoms with E-state index in [9.17, 15) is 14.4 Å². The van der Waals surface area contributed by atoms with Crippen molar-refractivity contribution in [3.8, 4) is 0 Å². The van der Waals surface area contributed by atoms with Gasteiger partial charge in [0.2, 0.25) is 11.5 Å². The Morgan fingerprint density at radius 3 is 1.67 bits per heavy atom. The van der Waals surface area contributed by atoms with Crippen LogP contribution in [0, 0.1) is 0 Å². The third kappa shape index (κ3) is 13.0. The lowest BCUT2D eigenvalue weighted by Crippen LogP contribution is -2.36. The van der Waals surface area contributed by atoms with E-state index in [0.29, 0.717) is 6.42 Å². The van der Waals surface area contributed by atoms with E-state index in [1.54, 1.807) is 0 Å². The first-order chi connectivity index (χ1) is 12.9. The topological polar surface area (TPSA) is 113 Å². The molecule has 0 saturated carbocycles. The number of carboxylic acids is 1. The van der Waals surface area contributed by atoms with Crippen LogP contribution in [0.25, 0.3) is 0 Å². The van der Waals surface area contributed by atoms with E-state index in [1.165, 1.54) is 51.4 Å². The zero-order chi connectivity index (χ0) is 20.5. The highest BCUT2D eigenvalue weighted by Gasteiger charge is 2.30. The normalized spacial score (nSPS) is 12.6. The van der Waals surface area contributed by atoms with Crippen molar-refractivity contribution in [3.05, 3.63) is 0 Å². The molecule has 0 amide bonds. The molecule has 0 radical (unpaired) electrons. The van der Waals surface area contributed by atoms with Crippen LogP contribution in [0.15, 0.2) is 5.16 Å². The third-order valence-electron chi connectivity index (χ3n) is 4.46. The van der Waals surface area contributed by atoms with Gasteiger partial charge in [-0.2, -0.15) is 0 Å². The molecule has 1 atom stereocenters. The molecule has 27 heavy (non-hydrogen) atoms. The summed E-state index contributed by atoms with van der Waals surface area (Å²) in [6.45, 7) is 3.37. The number of unbranched alkanes of at least 4 members (excludes halogenated alkanes) is 11. The molecule has 156 valence electrons. The summed E-state index contributed by atoms with van der Waals surface area (Å²) >= 11 is 0. The van der Waals surface area contributed by atoms with Gasteiger partial charge in [-0.05, 0) is 12.8 Å². The first-order valence-corrected chi connectivity index (χ1v) is 10.1. The molecule has 0 saturated heterocycles. The molecule has 0 fully saturated rings. The molecule has 1 unspecified atom stereocenters. The van der Waals surface area contributed by atoms with Crippen molar-refractivity contribution in [1.29, 1.82) is 0 Å². The van der Waals surface area contributed by atoms with Crippen molar-refractivity contribution >= 4 is 23.4 Å². The van der Waals surface area contributed by atoms with Crippen LogP contribution in [0.3, 0.4) is 0 Å². The van der Waals surface area contributed by atoms with Crippen molar-refractivity contribution in [3.63, 3.8) is 0 Å². The quantitative estimate of drug-likeness (QED) is 0.0952. The van der Waals surface area contributed by atoms with Crippen LogP contribution in [-0.2, 0) is 19.1 Å². The molecule has 0 heterocycles. The molecular weight excluding hydrogens is 350 g/mol. The number of carboxylic acid groups (broad SMARTS) is 1. The lowest BCUT2D eigenvalue weighted by Gasteiger charge is -2.15. The Morgan fingerprint density at radius 2 is 1.30 bits per heavy atom. The van der Waals surface area contributed by atoms with Gasteiger partial charge in [0.25, 0.3) is 0 Å².